The molecule has 0 bridgehead atoms. The lowest BCUT2D eigenvalue weighted by Crippen LogP contribution is -2.34. The summed E-state index contributed by atoms with van der Waals surface area (Å²) >= 11 is 0. The monoisotopic (exact) mass is 435 g/mol. The largest absolute Gasteiger partial charge is 0.486 e. The quantitative estimate of drug-likeness (QED) is 0.530. The minimum Gasteiger partial charge on any atom is -0.486 e. The van der Waals surface area contributed by atoms with Crippen LogP contribution in [0.2, 0.25) is 0 Å². The predicted octanol–water partition coefficient (Wildman–Crippen LogP) is 7.22. The summed E-state index contributed by atoms with van der Waals surface area (Å²) in [6, 6.07) is 4.51. The van der Waals surface area contributed by atoms with E-state index in [0.29, 0.717) is 44.6 Å². The fourth-order valence-corrected chi connectivity index (χ4v) is 3.91. The Kier molecular flexibility index (Phi) is 16.5. The van der Waals surface area contributed by atoms with Gasteiger partial charge in [-0.1, -0.05) is 61.5 Å². The van der Waals surface area contributed by atoms with Crippen LogP contribution in [-0.4, -0.2) is 24.3 Å². The van der Waals surface area contributed by atoms with Crippen LogP contribution >= 0.6 is 0 Å². The minimum atomic E-state index is -0.765. The SMILES string of the molecule is CC.CC.CC.CC.Cc1cc(C)c(C2(C#N)CCC(C(=O)O)CC2)c2c1OCCO2. The van der Waals surface area contributed by atoms with Gasteiger partial charge in [0.15, 0.2) is 11.5 Å². The lowest BCUT2D eigenvalue weighted by molar-refractivity contribution is -0.143. The van der Waals surface area contributed by atoms with E-state index in [-0.39, 0.29) is 5.92 Å². The van der Waals surface area contributed by atoms with Crippen LogP contribution in [0.25, 0.3) is 0 Å². The van der Waals surface area contributed by atoms with Crippen LogP contribution < -0.4 is 9.47 Å². The number of ether oxygens (including phenoxy) is 2. The van der Waals surface area contributed by atoms with Gasteiger partial charge >= 0.3 is 5.97 Å². The maximum absolute atomic E-state index is 11.2. The Morgan fingerprint density at radius 1 is 0.935 bits per heavy atom. The van der Waals surface area contributed by atoms with Crippen molar-refractivity contribution in [1.82, 2.24) is 0 Å². The summed E-state index contributed by atoms with van der Waals surface area (Å²) in [5, 5.41) is 19.1. The van der Waals surface area contributed by atoms with E-state index in [9.17, 15) is 15.2 Å². The van der Waals surface area contributed by atoms with Crippen LogP contribution in [0.15, 0.2) is 6.07 Å². The van der Waals surface area contributed by atoms with E-state index in [1.807, 2.05) is 75.3 Å². The van der Waals surface area contributed by atoms with Crippen molar-refractivity contribution < 1.29 is 19.4 Å². The Hall–Kier alpha value is -2.22. The number of nitriles is 1. The number of aliphatic carboxylic acids is 1. The van der Waals surface area contributed by atoms with Gasteiger partial charge in [-0.3, -0.25) is 4.79 Å². The highest BCUT2D eigenvalue weighted by atomic mass is 16.6. The Labute approximate surface area is 190 Å². The zero-order valence-corrected chi connectivity index (χ0v) is 21.5. The molecule has 1 aromatic rings. The molecule has 1 aliphatic heterocycles. The van der Waals surface area contributed by atoms with Crippen molar-refractivity contribution in [3.05, 3.63) is 22.8 Å². The van der Waals surface area contributed by atoms with Gasteiger partial charge in [-0.15, -0.1) is 0 Å². The molecule has 178 valence electrons. The van der Waals surface area contributed by atoms with E-state index in [1.165, 1.54) is 0 Å². The third-order valence-corrected chi connectivity index (χ3v) is 5.08. The Morgan fingerprint density at radius 3 is 1.81 bits per heavy atom. The summed E-state index contributed by atoms with van der Waals surface area (Å²) in [5.74, 6) is 0.296. The second-order valence-corrected chi connectivity index (χ2v) is 6.55. The van der Waals surface area contributed by atoms with Gasteiger partial charge in [0, 0.05) is 5.56 Å². The number of rotatable bonds is 2. The van der Waals surface area contributed by atoms with Crippen molar-refractivity contribution in [3.63, 3.8) is 0 Å². The summed E-state index contributed by atoms with van der Waals surface area (Å²) in [6.45, 7) is 21.0. The number of carbonyl (C=O) groups is 1. The fraction of sp³-hybridized carbons (Fsp3) is 0.692. The summed E-state index contributed by atoms with van der Waals surface area (Å²) in [6.07, 6.45) is 2.12. The van der Waals surface area contributed by atoms with Crippen molar-refractivity contribution in [2.24, 2.45) is 5.92 Å². The second-order valence-electron chi connectivity index (χ2n) is 6.55. The number of carboxylic acids is 1. The van der Waals surface area contributed by atoms with Crippen LogP contribution in [-0.2, 0) is 10.2 Å². The lowest BCUT2D eigenvalue weighted by atomic mass is 9.66. The molecule has 2 aliphatic rings. The summed E-state index contributed by atoms with van der Waals surface area (Å²) in [7, 11) is 0. The van der Waals surface area contributed by atoms with E-state index < -0.39 is 11.4 Å². The Balaban J connectivity index is 0. The molecule has 0 aromatic heterocycles. The first-order valence-electron chi connectivity index (χ1n) is 12.0. The van der Waals surface area contributed by atoms with Gasteiger partial charge in [-0.05, 0) is 50.7 Å². The molecule has 1 fully saturated rings. The number of carboxylic acid groups (broad SMARTS) is 1. The van der Waals surface area contributed by atoms with Crippen molar-refractivity contribution >= 4 is 5.97 Å². The molecule has 0 spiro atoms. The Morgan fingerprint density at radius 2 is 1.39 bits per heavy atom. The molecule has 0 saturated heterocycles. The topological polar surface area (TPSA) is 79.6 Å². The van der Waals surface area contributed by atoms with Crippen LogP contribution in [0.5, 0.6) is 11.5 Å². The van der Waals surface area contributed by atoms with E-state index in [1.54, 1.807) is 0 Å². The van der Waals surface area contributed by atoms with Crippen LogP contribution in [0.1, 0.15) is 97.8 Å². The third kappa shape index (κ3) is 7.45. The normalized spacial score (nSPS) is 20.4. The molecule has 5 heteroatoms. The van der Waals surface area contributed by atoms with E-state index in [2.05, 4.69) is 6.07 Å². The molecule has 31 heavy (non-hydrogen) atoms. The van der Waals surface area contributed by atoms with E-state index >= 15 is 0 Å². The maximum atomic E-state index is 11.2. The molecule has 0 unspecified atom stereocenters. The molecule has 0 radical (unpaired) electrons. The third-order valence-electron chi connectivity index (χ3n) is 5.08. The highest BCUT2D eigenvalue weighted by molar-refractivity contribution is 5.70. The number of aryl methyl sites for hydroxylation is 2. The summed E-state index contributed by atoms with van der Waals surface area (Å²) in [4.78, 5) is 11.2. The average Bonchev–Trinajstić information content (AvgIpc) is 2.84. The zero-order valence-electron chi connectivity index (χ0n) is 21.5. The highest BCUT2D eigenvalue weighted by Gasteiger charge is 2.43. The molecule has 5 nitrogen and oxygen atoms in total. The number of fused-ring (bicyclic) bond motifs is 1. The number of nitrogens with zero attached hydrogens (tertiary/aromatic N) is 1. The highest BCUT2D eigenvalue weighted by Crippen LogP contribution is 2.50. The molecule has 1 aromatic carbocycles. The zero-order chi connectivity index (χ0) is 24.6. The lowest BCUT2D eigenvalue weighted by Gasteiger charge is -2.37. The van der Waals surface area contributed by atoms with Gasteiger partial charge in [0.25, 0.3) is 0 Å². The van der Waals surface area contributed by atoms with E-state index in [4.69, 9.17) is 9.47 Å². The standard InChI is InChI=1S/C18H21NO4.4C2H6/c1-11-9-12(2)15-16(23-8-7-22-15)14(11)18(10-19)5-3-13(4-6-18)17(20)21;4*1-2/h9,13H,3-8H2,1-2H3,(H,20,21);4*1-2H3. The summed E-state index contributed by atoms with van der Waals surface area (Å²) < 4.78 is 11.6. The first-order valence-corrected chi connectivity index (χ1v) is 12.0. The van der Waals surface area contributed by atoms with Gasteiger partial charge in [0.05, 0.1) is 17.4 Å². The van der Waals surface area contributed by atoms with Crippen LogP contribution in [0.3, 0.4) is 0 Å². The number of hydrogen-bond donors (Lipinski definition) is 1. The fourth-order valence-electron chi connectivity index (χ4n) is 3.91. The first-order chi connectivity index (χ1) is 15.0. The van der Waals surface area contributed by atoms with Gasteiger partial charge in [0.2, 0.25) is 0 Å². The van der Waals surface area contributed by atoms with Crippen molar-refractivity contribution in [2.45, 2.75) is 100 Å². The molecular weight excluding hydrogens is 390 g/mol. The van der Waals surface area contributed by atoms with Crippen molar-refractivity contribution in [3.8, 4) is 17.6 Å². The molecular formula is C26H45NO4. The number of hydrogen-bond acceptors (Lipinski definition) is 4. The maximum Gasteiger partial charge on any atom is 0.306 e. The Bertz CT molecular complexity index is 684. The second kappa shape index (κ2) is 16.5. The van der Waals surface area contributed by atoms with Gasteiger partial charge in [-0.2, -0.15) is 5.26 Å². The molecule has 1 N–H and O–H groups in total. The molecule has 0 atom stereocenters. The van der Waals surface area contributed by atoms with Crippen LogP contribution in [0.4, 0.5) is 0 Å². The minimum absolute atomic E-state index is 0.352. The van der Waals surface area contributed by atoms with Crippen LogP contribution in [0, 0.1) is 31.1 Å². The molecule has 0 amide bonds. The molecule has 3 rings (SSSR count). The van der Waals surface area contributed by atoms with Crippen molar-refractivity contribution in [1.29, 1.82) is 5.26 Å². The predicted molar refractivity (Wildman–Crippen MR) is 129 cm³/mol. The van der Waals surface area contributed by atoms with Gasteiger partial charge in [-0.25, -0.2) is 0 Å². The summed E-state index contributed by atoms with van der Waals surface area (Å²) in [5.41, 5.74) is 2.23. The van der Waals surface area contributed by atoms with E-state index in [0.717, 1.165) is 22.4 Å². The first kappa shape index (κ1) is 31.0. The number of benzene rings is 1. The molecule has 1 saturated carbocycles. The van der Waals surface area contributed by atoms with Crippen molar-refractivity contribution in [2.75, 3.05) is 13.2 Å². The smallest absolute Gasteiger partial charge is 0.306 e. The molecule has 1 heterocycles. The van der Waals surface area contributed by atoms with Gasteiger partial charge in [0.1, 0.15) is 13.2 Å². The van der Waals surface area contributed by atoms with Gasteiger partial charge < -0.3 is 14.6 Å². The molecule has 1 aliphatic carbocycles. The average molecular weight is 436 g/mol.